The summed E-state index contributed by atoms with van der Waals surface area (Å²) in [5.74, 6) is 0.639. The minimum Gasteiger partial charge on any atom is -0.497 e. The van der Waals surface area contributed by atoms with Crippen LogP contribution >= 0.6 is 11.8 Å². The van der Waals surface area contributed by atoms with Crippen molar-refractivity contribution >= 4 is 17.5 Å². The van der Waals surface area contributed by atoms with Gasteiger partial charge in [0.2, 0.25) is 0 Å². The first-order valence-electron chi connectivity index (χ1n) is 22.7. The van der Waals surface area contributed by atoms with E-state index < -0.39 is 18.0 Å². The number of aliphatic hydroxyl groups excluding tert-OH is 1. The lowest BCUT2D eigenvalue weighted by atomic mass is 9.81. The van der Waals surface area contributed by atoms with Crippen molar-refractivity contribution in [3.05, 3.63) is 48.6 Å². The van der Waals surface area contributed by atoms with Gasteiger partial charge in [0.1, 0.15) is 42.1 Å². The fraction of sp³-hybridized carbons (Fsp3) is 0.766. The lowest BCUT2D eigenvalue weighted by Crippen LogP contribution is -2.61. The normalized spacial score (nSPS) is 46.9. The Morgan fingerprint density at radius 3 is 2.35 bits per heavy atom. The van der Waals surface area contributed by atoms with E-state index in [1.807, 2.05) is 24.3 Å². The molecule has 0 amide bonds. The lowest BCUT2D eigenvalue weighted by Gasteiger charge is -2.47. The Hall–Kier alpha value is -1.88. The third-order valence-corrected chi connectivity index (χ3v) is 16.4. The van der Waals surface area contributed by atoms with Gasteiger partial charge in [-0.25, -0.2) is 0 Å². The number of ether oxygens (including phenoxy) is 10. The minimum atomic E-state index is -0.789. The summed E-state index contributed by atoms with van der Waals surface area (Å²) >= 11 is 1.59. The number of hydrogen-bond donors (Lipinski definition) is 1. The summed E-state index contributed by atoms with van der Waals surface area (Å²) in [7, 11) is 3.34. The maximum absolute atomic E-state index is 14.3. The smallest absolute Gasteiger partial charge is 0.172 e. The number of carbonyl (C=O) groups is 1. The van der Waals surface area contributed by atoms with Gasteiger partial charge in [0.25, 0.3) is 0 Å². The van der Waals surface area contributed by atoms with Crippen molar-refractivity contribution in [2.75, 3.05) is 20.0 Å². The van der Waals surface area contributed by atoms with Gasteiger partial charge in [-0.3, -0.25) is 4.79 Å². The van der Waals surface area contributed by atoms with Gasteiger partial charge in [0, 0.05) is 62.2 Å². The van der Waals surface area contributed by atoms with Gasteiger partial charge in [-0.05, 0) is 86.3 Å². The minimum absolute atomic E-state index is 0.0247. The monoisotopic (exact) mass is 852 g/mol. The Bertz CT molecular complexity index is 1740. The molecule has 19 atom stereocenters. The molecule has 10 heterocycles. The van der Waals surface area contributed by atoms with Crippen LogP contribution in [0.1, 0.15) is 90.4 Å². The molecular weight excluding hydrogens is 789 g/mol. The van der Waals surface area contributed by atoms with Crippen LogP contribution in [0.15, 0.2) is 53.5 Å². The predicted octanol–water partition coefficient (Wildman–Crippen LogP) is 6.28. The number of ketones is 1. The van der Waals surface area contributed by atoms with E-state index in [0.29, 0.717) is 31.4 Å². The van der Waals surface area contributed by atoms with Crippen molar-refractivity contribution in [2.24, 2.45) is 11.8 Å². The van der Waals surface area contributed by atoms with E-state index in [2.05, 4.69) is 20.1 Å². The highest BCUT2D eigenvalue weighted by atomic mass is 32.2. The Labute approximate surface area is 358 Å². The van der Waals surface area contributed by atoms with E-state index in [9.17, 15) is 9.90 Å². The van der Waals surface area contributed by atoms with Crippen LogP contribution in [0.5, 0.6) is 5.75 Å². The summed E-state index contributed by atoms with van der Waals surface area (Å²) in [5.41, 5.74) is 2.20. The van der Waals surface area contributed by atoms with Crippen LogP contribution in [0.25, 0.3) is 0 Å². The van der Waals surface area contributed by atoms with E-state index in [4.69, 9.17) is 47.4 Å². The Balaban J connectivity index is 0.892. The van der Waals surface area contributed by atoms with Crippen molar-refractivity contribution in [2.45, 2.75) is 199 Å². The molecule has 1 aromatic rings. The fourth-order valence-electron chi connectivity index (χ4n) is 12.1. The number of rotatable bonds is 7. The predicted molar refractivity (Wildman–Crippen MR) is 221 cm³/mol. The van der Waals surface area contributed by atoms with Crippen LogP contribution < -0.4 is 4.74 Å². The lowest BCUT2D eigenvalue weighted by molar-refractivity contribution is -0.292. The molecule has 10 aliphatic heterocycles. The van der Waals surface area contributed by atoms with Crippen LogP contribution in [0.3, 0.4) is 0 Å². The first-order valence-corrected chi connectivity index (χ1v) is 23.7. The number of thioether (sulfide) groups is 1. The molecule has 1 aromatic carbocycles. The van der Waals surface area contributed by atoms with E-state index in [1.54, 1.807) is 26.0 Å². The molecule has 60 heavy (non-hydrogen) atoms. The molecule has 12 bridgehead atoms. The molecule has 10 saturated heterocycles. The van der Waals surface area contributed by atoms with Crippen molar-refractivity contribution in [3.63, 3.8) is 0 Å². The second-order valence-corrected chi connectivity index (χ2v) is 20.3. The highest BCUT2D eigenvalue weighted by molar-refractivity contribution is 7.99. The summed E-state index contributed by atoms with van der Waals surface area (Å²) in [6, 6.07) is 7.84. The first-order chi connectivity index (χ1) is 29.0. The van der Waals surface area contributed by atoms with E-state index in [0.717, 1.165) is 66.7 Å². The summed E-state index contributed by atoms with van der Waals surface area (Å²) in [4.78, 5) is 15.4. The zero-order valence-electron chi connectivity index (χ0n) is 35.4. The van der Waals surface area contributed by atoms with Crippen molar-refractivity contribution in [1.82, 2.24) is 0 Å². The van der Waals surface area contributed by atoms with E-state index in [1.165, 1.54) is 0 Å². The molecule has 10 aliphatic rings. The largest absolute Gasteiger partial charge is 0.497 e. The third kappa shape index (κ3) is 8.21. The molecule has 1 unspecified atom stereocenters. The van der Waals surface area contributed by atoms with Crippen LogP contribution in [0.4, 0.5) is 0 Å². The zero-order chi connectivity index (χ0) is 41.3. The second kappa shape index (κ2) is 17.3. The quantitative estimate of drug-likeness (QED) is 0.244. The Morgan fingerprint density at radius 1 is 0.783 bits per heavy atom. The Kier molecular flexibility index (Phi) is 12.1. The number of hydrogen-bond acceptors (Lipinski definition) is 13. The molecule has 1 N–H and O–H groups in total. The standard InChI is InChI=1S/C47H64O12S/c1-24-16-30-8-12-35-25(2)17-32(52-35)14-15-47-22-40-43(58-47)44-45(57-40)46(59-47)42-36(56-44)13-9-31(54-42)18-27(48)19-34-38(21-37(53-30)26(24)3)55-39(41(34)51-5)20-28(49)23-60-33-10-6-29(50-4)7-11-33/h6-7,10-11,24,28,30-32,34-46,49H,2-3,8-9,12-23H2,1,4-5H3/t24-,28+,30+,31-,32+,34+,35+,36+,37-,38+,39-,40-,41-,42+,43+,44?,45-,46+,47+/m1/s1. The number of fused-ring (bicyclic) bond motifs is 6. The molecule has 10 fully saturated rings. The van der Waals surface area contributed by atoms with Gasteiger partial charge in [0.05, 0.1) is 74.3 Å². The number of methoxy groups -OCH3 is 2. The first kappa shape index (κ1) is 42.1. The van der Waals surface area contributed by atoms with Gasteiger partial charge < -0.3 is 52.5 Å². The van der Waals surface area contributed by atoms with Crippen LogP contribution in [0.2, 0.25) is 0 Å². The number of carbonyl (C=O) groups excluding carboxylic acids is 1. The molecule has 13 heteroatoms. The fourth-order valence-corrected chi connectivity index (χ4v) is 13.0. The average Bonchev–Trinajstić information content (AvgIpc) is 3.92. The highest BCUT2D eigenvalue weighted by Gasteiger charge is 2.68. The van der Waals surface area contributed by atoms with Crippen LogP contribution in [-0.4, -0.2) is 134 Å². The molecule has 0 radical (unpaired) electrons. The molecule has 0 saturated carbocycles. The molecule has 12 nitrogen and oxygen atoms in total. The second-order valence-electron chi connectivity index (χ2n) is 19.2. The van der Waals surface area contributed by atoms with E-state index in [-0.39, 0.29) is 116 Å². The average molecular weight is 853 g/mol. The number of benzene rings is 1. The number of Topliss-reactive ketones (excluding diaryl/α,β-unsaturated/α-hetero) is 1. The molecule has 330 valence electrons. The van der Waals surface area contributed by atoms with Gasteiger partial charge >= 0.3 is 0 Å². The maximum atomic E-state index is 14.3. The number of aliphatic hydroxyl groups is 1. The van der Waals surface area contributed by atoms with Gasteiger partial charge in [-0.2, -0.15) is 0 Å². The topological polar surface area (TPSA) is 130 Å². The van der Waals surface area contributed by atoms with Gasteiger partial charge in [0.15, 0.2) is 5.79 Å². The zero-order valence-corrected chi connectivity index (χ0v) is 36.2. The van der Waals surface area contributed by atoms with Crippen molar-refractivity contribution < 1.29 is 57.3 Å². The molecule has 1 spiro atoms. The van der Waals surface area contributed by atoms with Crippen molar-refractivity contribution in [3.8, 4) is 5.75 Å². The van der Waals surface area contributed by atoms with Crippen LogP contribution in [-0.2, 0) is 47.4 Å². The summed E-state index contributed by atoms with van der Waals surface area (Å²) < 4.78 is 66.1. The highest BCUT2D eigenvalue weighted by Crippen LogP contribution is 2.54. The van der Waals surface area contributed by atoms with E-state index >= 15 is 0 Å². The van der Waals surface area contributed by atoms with Gasteiger partial charge in [-0.1, -0.05) is 20.1 Å². The molecule has 0 aromatic heterocycles. The van der Waals surface area contributed by atoms with Gasteiger partial charge in [-0.15, -0.1) is 11.8 Å². The summed E-state index contributed by atoms with van der Waals surface area (Å²) in [6.45, 7) is 11.2. The summed E-state index contributed by atoms with van der Waals surface area (Å²) in [6.07, 6.45) is 4.80. The molecule has 0 aliphatic carbocycles. The van der Waals surface area contributed by atoms with Crippen molar-refractivity contribution in [1.29, 1.82) is 0 Å². The van der Waals surface area contributed by atoms with Crippen LogP contribution in [0, 0.1) is 11.8 Å². The molecular formula is C47H64O12S. The summed E-state index contributed by atoms with van der Waals surface area (Å²) in [5, 5.41) is 11.4. The third-order valence-electron chi connectivity index (χ3n) is 15.2. The molecule has 11 rings (SSSR count). The SMILES string of the molecule is C=C1C[C@@H]2CC[C@@]34C[C@H]5O[C@@H]6C(O[C@H]7CC[C@H](CC(=O)C[C@@H]8[C@@H](OC)[C@@H](C[C@H](O)CSc9ccc(OC)cc9)O[C@H]8C[C@H]8O[C@@H](CC[C@@H]1O2)C[C@@H](C)C8=C)O[C@@H]7[C@@H]6O3)[C@H]5O4. The Morgan fingerprint density at radius 2 is 1.53 bits per heavy atom. The maximum Gasteiger partial charge on any atom is 0.172 e.